The quantitative estimate of drug-likeness (QED) is 0.705. The van der Waals surface area contributed by atoms with Crippen LogP contribution in [0.2, 0.25) is 5.02 Å². The van der Waals surface area contributed by atoms with Crippen LogP contribution in [-0.4, -0.2) is 10.1 Å². The van der Waals surface area contributed by atoms with Gasteiger partial charge in [-0.25, -0.2) is 0 Å². The van der Waals surface area contributed by atoms with E-state index in [2.05, 4.69) is 26.1 Å². The van der Waals surface area contributed by atoms with Crippen LogP contribution in [0.15, 0.2) is 32.6 Å². The van der Waals surface area contributed by atoms with Crippen molar-refractivity contribution in [3.05, 3.63) is 38.6 Å². The van der Waals surface area contributed by atoms with Crippen LogP contribution in [0.3, 0.4) is 0 Å². The summed E-state index contributed by atoms with van der Waals surface area (Å²) in [5.74, 6) is 0.935. The van der Waals surface area contributed by atoms with Gasteiger partial charge < -0.3 is 10.3 Å². The monoisotopic (exact) mass is 369 g/mol. The minimum absolute atomic E-state index is 0.432. The van der Waals surface area contributed by atoms with Gasteiger partial charge in [0.15, 0.2) is 0 Å². The molecule has 2 heterocycles. The zero-order chi connectivity index (χ0) is 14.3. The highest BCUT2D eigenvalue weighted by Gasteiger charge is 2.16. The summed E-state index contributed by atoms with van der Waals surface area (Å²) in [6, 6.07) is 5.46. The lowest BCUT2D eigenvalue weighted by Gasteiger charge is -1.97. The molecular weight excluding hydrogens is 362 g/mol. The summed E-state index contributed by atoms with van der Waals surface area (Å²) in [6.45, 7) is 1.95. The predicted octanol–water partition coefficient (Wildman–Crippen LogP) is 4.77. The van der Waals surface area contributed by atoms with Gasteiger partial charge in [0.1, 0.15) is 4.88 Å². The van der Waals surface area contributed by atoms with E-state index >= 15 is 0 Å². The Morgan fingerprint density at radius 2 is 2.20 bits per heavy atom. The van der Waals surface area contributed by atoms with Crippen molar-refractivity contribution in [2.75, 3.05) is 5.73 Å². The van der Waals surface area contributed by atoms with E-state index < -0.39 is 0 Å². The molecule has 7 heteroatoms. The lowest BCUT2D eigenvalue weighted by molar-refractivity contribution is 0.433. The minimum atomic E-state index is 0.432. The van der Waals surface area contributed by atoms with Gasteiger partial charge >= 0.3 is 0 Å². The van der Waals surface area contributed by atoms with E-state index in [4.69, 9.17) is 21.9 Å². The molecule has 0 saturated heterocycles. The Hall–Kier alpha value is -1.37. The van der Waals surface area contributed by atoms with Gasteiger partial charge in [0.05, 0.1) is 10.7 Å². The average Bonchev–Trinajstić information content (AvgIpc) is 3.02. The number of nitrogens with zero attached hydrogens (tertiary/aromatic N) is 2. The average molecular weight is 371 g/mol. The molecular formula is C13H9BrClN3OS. The second-order valence-electron chi connectivity index (χ2n) is 4.21. The SMILES string of the molecule is Cc1csc(-c2nc(-c3ccc(Cl)c(Br)c3)no2)c1N. The van der Waals surface area contributed by atoms with Crippen LogP contribution in [0.4, 0.5) is 5.69 Å². The van der Waals surface area contributed by atoms with E-state index in [-0.39, 0.29) is 0 Å². The molecule has 20 heavy (non-hydrogen) atoms. The summed E-state index contributed by atoms with van der Waals surface area (Å²) in [7, 11) is 0. The Labute approximate surface area is 132 Å². The number of benzene rings is 1. The van der Waals surface area contributed by atoms with Crippen LogP contribution in [0.1, 0.15) is 5.56 Å². The van der Waals surface area contributed by atoms with Gasteiger partial charge in [0.2, 0.25) is 5.82 Å². The fraction of sp³-hybridized carbons (Fsp3) is 0.0769. The third kappa shape index (κ3) is 2.34. The highest BCUT2D eigenvalue weighted by atomic mass is 79.9. The zero-order valence-corrected chi connectivity index (χ0v) is 13.5. The first-order valence-corrected chi connectivity index (χ1v) is 7.74. The number of rotatable bonds is 2. The molecule has 0 atom stereocenters. The summed E-state index contributed by atoms with van der Waals surface area (Å²) >= 11 is 10.8. The summed E-state index contributed by atoms with van der Waals surface area (Å²) in [6.07, 6.45) is 0. The molecule has 0 amide bonds. The first-order valence-electron chi connectivity index (χ1n) is 5.69. The number of hydrogen-bond acceptors (Lipinski definition) is 5. The van der Waals surface area contributed by atoms with Crippen molar-refractivity contribution in [3.63, 3.8) is 0 Å². The molecule has 0 unspecified atom stereocenters. The number of thiophene rings is 1. The van der Waals surface area contributed by atoms with E-state index in [1.54, 1.807) is 6.07 Å². The molecule has 0 spiro atoms. The normalized spacial score (nSPS) is 10.9. The van der Waals surface area contributed by atoms with Gasteiger partial charge in [-0.1, -0.05) is 16.8 Å². The molecule has 102 valence electrons. The van der Waals surface area contributed by atoms with Crippen molar-refractivity contribution in [3.8, 4) is 22.2 Å². The van der Waals surface area contributed by atoms with E-state index in [0.717, 1.165) is 20.5 Å². The lowest BCUT2D eigenvalue weighted by Crippen LogP contribution is -1.87. The van der Waals surface area contributed by atoms with Crippen molar-refractivity contribution in [1.82, 2.24) is 10.1 Å². The van der Waals surface area contributed by atoms with E-state index in [1.165, 1.54) is 11.3 Å². The largest absolute Gasteiger partial charge is 0.397 e. The molecule has 0 saturated carbocycles. The topological polar surface area (TPSA) is 64.9 Å². The lowest BCUT2D eigenvalue weighted by atomic mass is 10.2. The van der Waals surface area contributed by atoms with Crippen LogP contribution in [0, 0.1) is 6.92 Å². The molecule has 3 rings (SSSR count). The van der Waals surface area contributed by atoms with Gasteiger partial charge in [-0.05, 0) is 52.0 Å². The van der Waals surface area contributed by atoms with Crippen molar-refractivity contribution in [2.45, 2.75) is 6.92 Å². The van der Waals surface area contributed by atoms with Crippen LogP contribution in [-0.2, 0) is 0 Å². The third-order valence-corrected chi connectivity index (χ3v) is 5.14. The number of halogens is 2. The fourth-order valence-electron chi connectivity index (χ4n) is 1.69. The highest BCUT2D eigenvalue weighted by molar-refractivity contribution is 9.10. The second kappa shape index (κ2) is 5.20. The summed E-state index contributed by atoms with van der Waals surface area (Å²) in [5, 5.41) is 6.59. The van der Waals surface area contributed by atoms with Crippen molar-refractivity contribution in [2.24, 2.45) is 0 Å². The molecule has 2 N–H and O–H groups in total. The van der Waals surface area contributed by atoms with Crippen molar-refractivity contribution in [1.29, 1.82) is 0 Å². The van der Waals surface area contributed by atoms with Gasteiger partial charge in [-0.3, -0.25) is 0 Å². The third-order valence-electron chi connectivity index (χ3n) is 2.82. The van der Waals surface area contributed by atoms with Gasteiger partial charge in [-0.15, -0.1) is 11.3 Å². The molecule has 4 nitrogen and oxygen atoms in total. The molecule has 3 aromatic rings. The van der Waals surface area contributed by atoms with Gasteiger partial charge in [-0.2, -0.15) is 4.98 Å². The second-order valence-corrected chi connectivity index (χ2v) is 6.35. The van der Waals surface area contributed by atoms with E-state index in [0.29, 0.717) is 22.4 Å². The molecule has 0 aliphatic rings. The van der Waals surface area contributed by atoms with Crippen LogP contribution >= 0.6 is 38.9 Å². The standard InChI is InChI=1S/C13H9BrClN3OS/c1-6-5-20-11(10(6)16)13-17-12(18-19-13)7-2-3-9(15)8(14)4-7/h2-5H,16H2,1H3. The molecule has 0 radical (unpaired) electrons. The Kier molecular flexibility index (Phi) is 3.54. The Morgan fingerprint density at radius 1 is 1.40 bits per heavy atom. The number of aryl methyl sites for hydroxylation is 1. The number of hydrogen-bond donors (Lipinski definition) is 1. The van der Waals surface area contributed by atoms with Gasteiger partial charge in [0, 0.05) is 10.0 Å². The zero-order valence-electron chi connectivity index (χ0n) is 10.4. The molecule has 0 bridgehead atoms. The van der Waals surface area contributed by atoms with Crippen LogP contribution in [0.5, 0.6) is 0 Å². The number of aromatic nitrogens is 2. The molecule has 0 aliphatic carbocycles. The molecule has 1 aromatic carbocycles. The van der Waals surface area contributed by atoms with Crippen molar-refractivity contribution < 1.29 is 4.52 Å². The number of nitrogen functional groups attached to an aromatic ring is 1. The maximum atomic E-state index is 5.98. The maximum Gasteiger partial charge on any atom is 0.270 e. The summed E-state index contributed by atoms with van der Waals surface area (Å²) in [5.41, 5.74) is 8.50. The number of nitrogens with two attached hydrogens (primary N) is 1. The molecule has 0 fully saturated rings. The number of anilines is 1. The van der Waals surface area contributed by atoms with E-state index in [9.17, 15) is 0 Å². The summed E-state index contributed by atoms with van der Waals surface area (Å²) < 4.78 is 6.08. The van der Waals surface area contributed by atoms with Crippen LogP contribution in [0.25, 0.3) is 22.2 Å². The first-order chi connectivity index (χ1) is 9.56. The smallest absolute Gasteiger partial charge is 0.270 e. The van der Waals surface area contributed by atoms with Crippen LogP contribution < -0.4 is 5.73 Å². The molecule has 0 aliphatic heterocycles. The van der Waals surface area contributed by atoms with Crippen molar-refractivity contribution >= 4 is 44.6 Å². The maximum absolute atomic E-state index is 5.98. The predicted molar refractivity (Wildman–Crippen MR) is 84.9 cm³/mol. The van der Waals surface area contributed by atoms with Gasteiger partial charge in [0.25, 0.3) is 5.89 Å². The first kappa shape index (κ1) is 13.6. The Bertz CT molecular complexity index is 784. The Balaban J connectivity index is 2.01. The molecule has 2 aromatic heterocycles. The minimum Gasteiger partial charge on any atom is -0.397 e. The Morgan fingerprint density at radius 3 is 2.85 bits per heavy atom. The fourth-order valence-corrected chi connectivity index (χ4v) is 3.08. The highest BCUT2D eigenvalue weighted by Crippen LogP contribution is 2.35. The van der Waals surface area contributed by atoms with E-state index in [1.807, 2.05) is 24.4 Å². The summed E-state index contributed by atoms with van der Waals surface area (Å²) in [4.78, 5) is 5.18.